The van der Waals surface area contributed by atoms with Crippen LogP contribution in [0.4, 0.5) is 4.39 Å². The van der Waals surface area contributed by atoms with Crippen LogP contribution in [-0.2, 0) is 10.0 Å². The molecular formula is C18H16FN3O4S2. The van der Waals surface area contributed by atoms with Crippen LogP contribution in [0, 0.1) is 5.82 Å². The van der Waals surface area contributed by atoms with Gasteiger partial charge in [0.05, 0.1) is 9.77 Å². The Morgan fingerprint density at radius 3 is 2.57 bits per heavy atom. The fraction of sp³-hybridized carbons (Fsp3) is 0.222. The summed E-state index contributed by atoms with van der Waals surface area (Å²) in [5.74, 6) is -0.400. The van der Waals surface area contributed by atoms with Crippen LogP contribution in [0.1, 0.15) is 10.5 Å². The SMILES string of the molecule is O=C(c1cc(-c2cccs2)on1)N1CCN(S(=O)(=O)c2cccc(F)c2)CC1. The summed E-state index contributed by atoms with van der Waals surface area (Å²) < 4.78 is 45.2. The highest BCUT2D eigenvalue weighted by molar-refractivity contribution is 7.89. The number of aromatic nitrogens is 1. The van der Waals surface area contributed by atoms with Crippen LogP contribution in [-0.4, -0.2) is 54.9 Å². The molecule has 146 valence electrons. The molecule has 3 aromatic rings. The Bertz CT molecular complexity index is 1090. The number of piperazine rings is 1. The molecule has 0 saturated carbocycles. The predicted octanol–water partition coefficient (Wildman–Crippen LogP) is 2.69. The zero-order chi connectivity index (χ0) is 19.7. The van der Waals surface area contributed by atoms with Crippen molar-refractivity contribution in [1.29, 1.82) is 0 Å². The van der Waals surface area contributed by atoms with Crippen molar-refractivity contribution < 1.29 is 22.1 Å². The molecule has 1 saturated heterocycles. The van der Waals surface area contributed by atoms with E-state index in [0.717, 1.165) is 10.9 Å². The standard InChI is InChI=1S/C18H16FN3O4S2/c19-13-3-1-4-14(11-13)28(24,25)22-8-6-21(7-9-22)18(23)15-12-16(26-20-15)17-5-2-10-27-17/h1-5,10-12H,6-9H2. The van der Waals surface area contributed by atoms with Crippen molar-refractivity contribution in [2.75, 3.05) is 26.2 Å². The zero-order valence-corrected chi connectivity index (χ0v) is 16.2. The van der Waals surface area contributed by atoms with E-state index in [1.54, 1.807) is 6.07 Å². The number of carbonyl (C=O) groups is 1. The highest BCUT2D eigenvalue weighted by Crippen LogP contribution is 2.26. The molecule has 28 heavy (non-hydrogen) atoms. The number of sulfonamides is 1. The molecule has 0 N–H and O–H groups in total. The largest absolute Gasteiger partial charge is 0.355 e. The van der Waals surface area contributed by atoms with Crippen LogP contribution < -0.4 is 0 Å². The van der Waals surface area contributed by atoms with Crippen LogP contribution in [0.3, 0.4) is 0 Å². The lowest BCUT2D eigenvalue weighted by atomic mass is 10.2. The molecule has 2 aromatic heterocycles. The molecule has 0 bridgehead atoms. The summed E-state index contributed by atoms with van der Waals surface area (Å²) in [5, 5.41) is 5.74. The van der Waals surface area contributed by atoms with Crippen molar-refractivity contribution in [3.63, 3.8) is 0 Å². The van der Waals surface area contributed by atoms with Gasteiger partial charge in [-0.25, -0.2) is 12.8 Å². The Labute approximate surface area is 165 Å². The maximum Gasteiger partial charge on any atom is 0.276 e. The number of carbonyl (C=O) groups excluding carboxylic acids is 1. The maximum atomic E-state index is 13.4. The Morgan fingerprint density at radius 1 is 1.11 bits per heavy atom. The minimum Gasteiger partial charge on any atom is -0.355 e. The minimum absolute atomic E-state index is 0.0932. The third kappa shape index (κ3) is 3.58. The molecular weight excluding hydrogens is 405 g/mol. The zero-order valence-electron chi connectivity index (χ0n) is 14.6. The molecule has 7 nitrogen and oxygen atoms in total. The smallest absolute Gasteiger partial charge is 0.276 e. The van der Waals surface area contributed by atoms with Gasteiger partial charge in [0.1, 0.15) is 5.82 Å². The van der Waals surface area contributed by atoms with Gasteiger partial charge in [0.2, 0.25) is 10.0 Å². The monoisotopic (exact) mass is 421 g/mol. The van der Waals surface area contributed by atoms with E-state index in [1.165, 1.54) is 38.7 Å². The van der Waals surface area contributed by atoms with Gasteiger partial charge in [0.25, 0.3) is 5.91 Å². The van der Waals surface area contributed by atoms with Crippen LogP contribution in [0.5, 0.6) is 0 Å². The minimum atomic E-state index is -3.80. The lowest BCUT2D eigenvalue weighted by Gasteiger charge is -2.33. The lowest BCUT2D eigenvalue weighted by molar-refractivity contribution is 0.0687. The first-order chi connectivity index (χ1) is 13.4. The van der Waals surface area contributed by atoms with Crippen molar-refractivity contribution >= 4 is 27.3 Å². The van der Waals surface area contributed by atoms with Crippen LogP contribution >= 0.6 is 11.3 Å². The molecule has 0 unspecified atom stereocenters. The molecule has 3 heterocycles. The number of hydrogen-bond acceptors (Lipinski definition) is 6. The highest BCUT2D eigenvalue weighted by Gasteiger charge is 2.31. The van der Waals surface area contributed by atoms with Gasteiger partial charge in [0.15, 0.2) is 11.5 Å². The summed E-state index contributed by atoms with van der Waals surface area (Å²) in [6.07, 6.45) is 0. The number of thiophene rings is 1. The van der Waals surface area contributed by atoms with Crippen molar-refractivity contribution in [3.05, 3.63) is 59.4 Å². The molecule has 1 fully saturated rings. The Morgan fingerprint density at radius 2 is 1.89 bits per heavy atom. The fourth-order valence-electron chi connectivity index (χ4n) is 2.98. The number of halogens is 1. The molecule has 1 aliphatic heterocycles. The van der Waals surface area contributed by atoms with Crippen molar-refractivity contribution in [2.24, 2.45) is 0 Å². The Hall–Kier alpha value is -2.56. The third-order valence-electron chi connectivity index (χ3n) is 4.45. The number of amides is 1. The number of hydrogen-bond donors (Lipinski definition) is 0. The van der Waals surface area contributed by atoms with Gasteiger partial charge in [-0.3, -0.25) is 4.79 Å². The average Bonchev–Trinajstić information content (AvgIpc) is 3.39. The molecule has 10 heteroatoms. The van der Waals surface area contributed by atoms with Crippen LogP contribution in [0.25, 0.3) is 10.6 Å². The molecule has 0 aliphatic carbocycles. The summed E-state index contributed by atoms with van der Waals surface area (Å²) in [6.45, 7) is 0.684. The topological polar surface area (TPSA) is 83.7 Å². The molecule has 0 radical (unpaired) electrons. The maximum absolute atomic E-state index is 13.4. The molecule has 4 rings (SSSR count). The van der Waals surface area contributed by atoms with Crippen LogP contribution in [0.15, 0.2) is 57.3 Å². The normalized spacial score (nSPS) is 15.7. The quantitative estimate of drug-likeness (QED) is 0.647. The van der Waals surface area contributed by atoms with Crippen molar-refractivity contribution in [3.8, 4) is 10.6 Å². The molecule has 0 spiro atoms. The van der Waals surface area contributed by atoms with Gasteiger partial charge < -0.3 is 9.42 Å². The number of rotatable bonds is 4. The molecule has 1 aromatic carbocycles. The first-order valence-corrected chi connectivity index (χ1v) is 10.8. The second-order valence-corrected chi connectivity index (χ2v) is 9.09. The highest BCUT2D eigenvalue weighted by atomic mass is 32.2. The first-order valence-electron chi connectivity index (χ1n) is 8.51. The average molecular weight is 421 g/mol. The predicted molar refractivity (Wildman–Crippen MR) is 101 cm³/mol. The van der Waals surface area contributed by atoms with E-state index in [0.29, 0.717) is 5.76 Å². The summed E-state index contributed by atoms with van der Waals surface area (Å²) >= 11 is 1.48. The summed E-state index contributed by atoms with van der Waals surface area (Å²) in [5.41, 5.74) is 0.185. The number of benzene rings is 1. The summed E-state index contributed by atoms with van der Waals surface area (Å²) in [4.78, 5) is 15.0. The Kier molecular flexibility index (Phi) is 5.00. The van der Waals surface area contributed by atoms with Gasteiger partial charge in [-0.05, 0) is 29.6 Å². The fourth-order valence-corrected chi connectivity index (χ4v) is 5.11. The van der Waals surface area contributed by atoms with E-state index in [-0.39, 0.29) is 42.7 Å². The van der Waals surface area contributed by atoms with E-state index in [9.17, 15) is 17.6 Å². The summed E-state index contributed by atoms with van der Waals surface area (Å²) in [7, 11) is -3.80. The van der Waals surface area contributed by atoms with E-state index in [4.69, 9.17) is 4.52 Å². The van der Waals surface area contributed by atoms with Gasteiger partial charge in [0, 0.05) is 32.2 Å². The lowest BCUT2D eigenvalue weighted by Crippen LogP contribution is -2.50. The Balaban J connectivity index is 1.43. The van der Waals surface area contributed by atoms with Gasteiger partial charge in [-0.1, -0.05) is 17.3 Å². The first kappa shape index (κ1) is 18.8. The second kappa shape index (κ2) is 7.46. The van der Waals surface area contributed by atoms with Gasteiger partial charge in [-0.15, -0.1) is 11.3 Å². The second-order valence-electron chi connectivity index (χ2n) is 6.21. The van der Waals surface area contributed by atoms with Gasteiger partial charge in [-0.2, -0.15) is 4.31 Å². The van der Waals surface area contributed by atoms with Crippen molar-refractivity contribution in [1.82, 2.24) is 14.4 Å². The molecule has 0 atom stereocenters. The van der Waals surface area contributed by atoms with E-state index >= 15 is 0 Å². The van der Waals surface area contributed by atoms with Gasteiger partial charge >= 0.3 is 0 Å². The van der Waals surface area contributed by atoms with Crippen LogP contribution in [0.2, 0.25) is 0 Å². The molecule has 1 amide bonds. The summed E-state index contributed by atoms with van der Waals surface area (Å²) in [6, 6.07) is 10.2. The number of nitrogens with zero attached hydrogens (tertiary/aromatic N) is 3. The van der Waals surface area contributed by atoms with E-state index in [2.05, 4.69) is 5.16 Å². The van der Waals surface area contributed by atoms with E-state index in [1.807, 2.05) is 17.5 Å². The third-order valence-corrected chi connectivity index (χ3v) is 7.23. The van der Waals surface area contributed by atoms with E-state index < -0.39 is 15.8 Å². The molecule has 1 aliphatic rings. The van der Waals surface area contributed by atoms with Crippen molar-refractivity contribution in [2.45, 2.75) is 4.90 Å².